The molecular formula is C24H28N4O8. The molecule has 3 aliphatic rings. The summed E-state index contributed by atoms with van der Waals surface area (Å²) in [5.74, 6) is -2.81. The van der Waals surface area contributed by atoms with Crippen molar-refractivity contribution in [2.45, 2.75) is 49.8 Å². The highest BCUT2D eigenvalue weighted by molar-refractivity contribution is 5.95. The number of urea groups is 1. The smallest absolute Gasteiger partial charge is 0.338 e. The van der Waals surface area contributed by atoms with Gasteiger partial charge in [0.15, 0.2) is 0 Å². The third kappa shape index (κ3) is 5.02. The number of nitro benzene ring substituents is 1. The number of hydrogen-bond donors (Lipinski definition) is 2. The van der Waals surface area contributed by atoms with Gasteiger partial charge in [0.2, 0.25) is 5.91 Å². The van der Waals surface area contributed by atoms with Crippen molar-refractivity contribution in [3.8, 4) is 0 Å². The lowest BCUT2D eigenvalue weighted by molar-refractivity contribution is -0.384. The number of ether oxygens (including phenoxy) is 1. The number of nitrogens with zero attached hydrogens (tertiary/aromatic N) is 3. The van der Waals surface area contributed by atoms with E-state index < -0.39 is 46.5 Å². The Morgan fingerprint density at radius 1 is 1.22 bits per heavy atom. The second kappa shape index (κ2) is 9.96. The Morgan fingerprint density at radius 3 is 2.61 bits per heavy atom. The van der Waals surface area contributed by atoms with E-state index in [1.54, 1.807) is 7.05 Å². The molecular weight excluding hydrogens is 472 g/mol. The molecule has 4 atom stereocenters. The Labute approximate surface area is 207 Å². The van der Waals surface area contributed by atoms with Crippen LogP contribution < -0.4 is 5.32 Å². The Hall–Kier alpha value is -3.96. The fourth-order valence-corrected chi connectivity index (χ4v) is 4.73. The molecule has 2 heterocycles. The highest BCUT2D eigenvalue weighted by Crippen LogP contribution is 2.45. The zero-order valence-electron chi connectivity index (χ0n) is 19.8. The maximum absolute atomic E-state index is 13.3. The van der Waals surface area contributed by atoms with Crippen molar-refractivity contribution in [3.63, 3.8) is 0 Å². The number of benzene rings is 1. The van der Waals surface area contributed by atoms with Gasteiger partial charge in [0.05, 0.1) is 17.0 Å². The molecule has 3 amide bonds. The van der Waals surface area contributed by atoms with E-state index >= 15 is 0 Å². The van der Waals surface area contributed by atoms with E-state index in [2.05, 4.69) is 5.32 Å². The van der Waals surface area contributed by atoms with Crippen LogP contribution in [-0.2, 0) is 14.3 Å². The lowest BCUT2D eigenvalue weighted by Gasteiger charge is -2.29. The number of esters is 1. The van der Waals surface area contributed by atoms with Gasteiger partial charge in [-0.15, -0.1) is 0 Å². The van der Waals surface area contributed by atoms with Gasteiger partial charge in [-0.2, -0.15) is 0 Å². The van der Waals surface area contributed by atoms with Crippen molar-refractivity contribution in [2.24, 2.45) is 5.92 Å². The maximum atomic E-state index is 13.3. The summed E-state index contributed by atoms with van der Waals surface area (Å²) in [5, 5.41) is 23.3. The number of non-ortho nitro benzene ring substituents is 1. The number of rotatable bonds is 4. The molecule has 0 radical (unpaired) electrons. The van der Waals surface area contributed by atoms with E-state index in [4.69, 9.17) is 4.74 Å². The predicted molar refractivity (Wildman–Crippen MR) is 125 cm³/mol. The Bertz CT molecular complexity index is 1100. The zero-order valence-corrected chi connectivity index (χ0v) is 19.8. The van der Waals surface area contributed by atoms with Gasteiger partial charge in [-0.25, -0.2) is 14.4 Å². The molecule has 192 valence electrons. The number of nitrogens with one attached hydrogen (secondary N) is 1. The summed E-state index contributed by atoms with van der Waals surface area (Å²) in [4.78, 5) is 64.1. The van der Waals surface area contributed by atoms with Gasteiger partial charge >= 0.3 is 18.0 Å². The number of hydrogen-bond acceptors (Lipinski definition) is 7. The second-order valence-electron chi connectivity index (χ2n) is 9.44. The molecule has 0 aromatic heterocycles. The Morgan fingerprint density at radius 2 is 1.94 bits per heavy atom. The summed E-state index contributed by atoms with van der Waals surface area (Å²) in [6, 6.07) is 3.49. The van der Waals surface area contributed by atoms with Crippen molar-refractivity contribution in [3.05, 3.63) is 52.1 Å². The minimum atomic E-state index is -1.41. The van der Waals surface area contributed by atoms with Gasteiger partial charge in [-0.1, -0.05) is 12.2 Å². The Balaban J connectivity index is 1.53. The van der Waals surface area contributed by atoms with Crippen LogP contribution >= 0.6 is 0 Å². The van der Waals surface area contributed by atoms with Crippen molar-refractivity contribution in [2.75, 3.05) is 20.1 Å². The van der Waals surface area contributed by atoms with Crippen LogP contribution in [0.15, 0.2) is 36.4 Å². The molecule has 12 nitrogen and oxygen atoms in total. The van der Waals surface area contributed by atoms with Gasteiger partial charge in [-0.05, 0) is 37.8 Å². The molecule has 2 aliphatic heterocycles. The highest BCUT2D eigenvalue weighted by atomic mass is 16.6. The largest absolute Gasteiger partial charge is 0.479 e. The van der Waals surface area contributed by atoms with Gasteiger partial charge in [0, 0.05) is 38.1 Å². The molecule has 36 heavy (non-hydrogen) atoms. The minimum absolute atomic E-state index is 0.000337. The number of allylic oxidation sites excluding steroid dienone is 1. The van der Waals surface area contributed by atoms with E-state index in [0.29, 0.717) is 6.54 Å². The number of aliphatic carboxylic acids is 1. The molecule has 1 aromatic carbocycles. The van der Waals surface area contributed by atoms with E-state index in [0.717, 1.165) is 19.3 Å². The van der Waals surface area contributed by atoms with Gasteiger partial charge in [0.25, 0.3) is 5.69 Å². The van der Waals surface area contributed by atoms with Crippen LogP contribution in [0.3, 0.4) is 0 Å². The number of carboxylic acid groups (broad SMARTS) is 1. The first kappa shape index (κ1) is 25.1. The molecule has 12 heteroatoms. The van der Waals surface area contributed by atoms with E-state index in [-0.39, 0.29) is 36.6 Å². The lowest BCUT2D eigenvalue weighted by atomic mass is 10.1. The summed E-state index contributed by atoms with van der Waals surface area (Å²) >= 11 is 0. The van der Waals surface area contributed by atoms with E-state index in [1.165, 1.54) is 34.1 Å². The number of carboxylic acids is 1. The number of nitro groups is 1. The summed E-state index contributed by atoms with van der Waals surface area (Å²) in [6.07, 6.45) is 5.52. The van der Waals surface area contributed by atoms with Crippen molar-refractivity contribution in [1.29, 1.82) is 0 Å². The average molecular weight is 501 g/mol. The predicted octanol–water partition coefficient (Wildman–Crippen LogP) is 1.95. The average Bonchev–Trinajstić information content (AvgIpc) is 3.38. The third-order valence-corrected chi connectivity index (χ3v) is 6.95. The molecule has 1 saturated carbocycles. The molecule has 0 spiro atoms. The third-order valence-electron chi connectivity index (χ3n) is 6.95. The number of carbonyl (C=O) groups is 4. The monoisotopic (exact) mass is 500 g/mol. The summed E-state index contributed by atoms with van der Waals surface area (Å²) < 4.78 is 5.54. The van der Waals surface area contributed by atoms with Crippen LogP contribution in [0.2, 0.25) is 0 Å². The van der Waals surface area contributed by atoms with E-state index in [9.17, 15) is 34.4 Å². The molecule has 4 unspecified atom stereocenters. The van der Waals surface area contributed by atoms with Crippen LogP contribution in [-0.4, -0.2) is 81.5 Å². The van der Waals surface area contributed by atoms with Gasteiger partial charge in [0.1, 0.15) is 17.7 Å². The normalized spacial score (nSPS) is 29.3. The molecule has 2 fully saturated rings. The van der Waals surface area contributed by atoms with Gasteiger partial charge in [-0.3, -0.25) is 14.9 Å². The van der Waals surface area contributed by atoms with E-state index in [1.807, 2.05) is 12.2 Å². The minimum Gasteiger partial charge on any atom is -0.479 e. The van der Waals surface area contributed by atoms with Crippen LogP contribution in [0.5, 0.6) is 0 Å². The quantitative estimate of drug-likeness (QED) is 0.275. The molecule has 1 aromatic rings. The molecule has 1 aliphatic carbocycles. The van der Waals surface area contributed by atoms with Crippen LogP contribution in [0.1, 0.15) is 42.5 Å². The van der Waals surface area contributed by atoms with Crippen LogP contribution in [0, 0.1) is 16.0 Å². The van der Waals surface area contributed by atoms with Crippen molar-refractivity contribution >= 4 is 29.6 Å². The summed E-state index contributed by atoms with van der Waals surface area (Å²) in [6.45, 7) is 0.441. The highest BCUT2D eigenvalue weighted by Gasteiger charge is 2.61. The zero-order chi connectivity index (χ0) is 26.0. The summed E-state index contributed by atoms with van der Waals surface area (Å²) in [5.41, 5.74) is -1.49. The fourth-order valence-electron chi connectivity index (χ4n) is 4.73. The lowest BCUT2D eigenvalue weighted by Crippen LogP contribution is -2.54. The van der Waals surface area contributed by atoms with Crippen molar-refractivity contribution in [1.82, 2.24) is 15.1 Å². The van der Waals surface area contributed by atoms with Crippen LogP contribution in [0.25, 0.3) is 0 Å². The SMILES string of the molecule is CN1CCCC/C=C/C2CC2(C(=O)O)NC(=O)C2CC(OC(=O)c3ccc([N+](=O)[O-])cc3)CN2C1=O. The fraction of sp³-hybridized carbons (Fsp3) is 0.500. The first-order valence-corrected chi connectivity index (χ1v) is 11.8. The molecule has 1 saturated heterocycles. The van der Waals surface area contributed by atoms with Crippen molar-refractivity contribution < 1.29 is 33.9 Å². The maximum Gasteiger partial charge on any atom is 0.338 e. The van der Waals surface area contributed by atoms with Gasteiger partial charge < -0.3 is 25.0 Å². The topological polar surface area (TPSA) is 159 Å². The molecule has 4 rings (SSSR count). The summed E-state index contributed by atoms with van der Waals surface area (Å²) in [7, 11) is 1.63. The number of amides is 3. The standard InChI is InChI=1S/C24H28N4O8/c1-26-11-5-3-2-4-6-16-13-24(16,22(31)32)25-20(29)19-12-18(14-27(19)23(26)33)36-21(30)15-7-9-17(10-8-15)28(34)35/h4,6-10,16,18-19H,2-3,5,11-14H2,1H3,(H,25,29)(H,31,32)/b6-4+. The first-order valence-electron chi connectivity index (χ1n) is 11.8. The molecule has 0 bridgehead atoms. The Kier molecular flexibility index (Phi) is 6.95. The molecule has 2 N–H and O–H groups in total. The number of fused-ring (bicyclic) bond motifs is 2. The number of carbonyl (C=O) groups excluding carboxylic acids is 3. The second-order valence-corrected chi connectivity index (χ2v) is 9.44. The first-order chi connectivity index (χ1) is 17.1. The van der Waals surface area contributed by atoms with Crippen LogP contribution in [0.4, 0.5) is 10.5 Å².